The van der Waals surface area contributed by atoms with E-state index in [0.717, 1.165) is 29.6 Å². The van der Waals surface area contributed by atoms with Crippen LogP contribution in [0.5, 0.6) is 0 Å². The zero-order valence-electron chi connectivity index (χ0n) is 9.47. The number of nitrogens with zero attached hydrogens (tertiary/aromatic N) is 3. The van der Waals surface area contributed by atoms with Crippen molar-refractivity contribution in [2.75, 3.05) is 23.7 Å². The molecule has 4 nitrogen and oxygen atoms in total. The number of anilines is 2. The van der Waals surface area contributed by atoms with Gasteiger partial charge in [0.25, 0.3) is 0 Å². The maximum atomic E-state index is 5.86. The summed E-state index contributed by atoms with van der Waals surface area (Å²) in [6, 6.07) is 5.92. The van der Waals surface area contributed by atoms with Gasteiger partial charge < -0.3 is 10.6 Å². The maximum absolute atomic E-state index is 5.86. The molecule has 1 fully saturated rings. The van der Waals surface area contributed by atoms with Gasteiger partial charge in [-0.15, -0.1) is 11.3 Å². The van der Waals surface area contributed by atoms with Crippen LogP contribution in [0, 0.1) is 0 Å². The van der Waals surface area contributed by atoms with Gasteiger partial charge in [0.05, 0.1) is 10.6 Å². The summed E-state index contributed by atoms with van der Waals surface area (Å²) in [5.74, 6) is 1.32. The van der Waals surface area contributed by atoms with Crippen LogP contribution in [0.15, 0.2) is 23.6 Å². The number of rotatable bonds is 2. The first-order chi connectivity index (χ1) is 8.33. The van der Waals surface area contributed by atoms with Crippen molar-refractivity contribution in [3.05, 3.63) is 23.6 Å². The summed E-state index contributed by atoms with van der Waals surface area (Å²) >= 11 is 1.67. The largest absolute Gasteiger partial charge is 0.384 e. The van der Waals surface area contributed by atoms with E-state index in [4.69, 9.17) is 5.73 Å². The molecule has 0 atom stereocenters. The van der Waals surface area contributed by atoms with Crippen molar-refractivity contribution in [2.24, 2.45) is 0 Å². The molecule has 17 heavy (non-hydrogen) atoms. The predicted molar refractivity (Wildman–Crippen MR) is 71.2 cm³/mol. The molecule has 0 aromatic carbocycles. The zero-order valence-corrected chi connectivity index (χ0v) is 10.3. The molecule has 0 unspecified atom stereocenters. The molecule has 0 saturated carbocycles. The first-order valence-corrected chi connectivity index (χ1v) is 6.64. The molecule has 0 radical (unpaired) electrons. The number of hydrogen-bond acceptors (Lipinski definition) is 5. The summed E-state index contributed by atoms with van der Waals surface area (Å²) in [5.41, 5.74) is 6.79. The van der Waals surface area contributed by atoms with Crippen molar-refractivity contribution < 1.29 is 0 Å². The number of hydrogen-bond donors (Lipinski definition) is 1. The minimum atomic E-state index is 0.547. The number of thiophene rings is 1. The van der Waals surface area contributed by atoms with Gasteiger partial charge in [0.2, 0.25) is 5.95 Å². The van der Waals surface area contributed by atoms with Gasteiger partial charge in [0.1, 0.15) is 5.82 Å². The van der Waals surface area contributed by atoms with E-state index in [1.807, 2.05) is 17.5 Å². The summed E-state index contributed by atoms with van der Waals surface area (Å²) < 4.78 is 0. The smallest absolute Gasteiger partial charge is 0.227 e. The van der Waals surface area contributed by atoms with Gasteiger partial charge in [0.15, 0.2) is 0 Å². The SMILES string of the molecule is Nc1cc(-c2cccs2)nc(N2CCCC2)n1. The second kappa shape index (κ2) is 4.33. The molecule has 0 spiro atoms. The zero-order chi connectivity index (χ0) is 11.7. The Balaban J connectivity index is 2.00. The average molecular weight is 246 g/mol. The van der Waals surface area contributed by atoms with Gasteiger partial charge in [-0.3, -0.25) is 0 Å². The molecular weight excluding hydrogens is 232 g/mol. The van der Waals surface area contributed by atoms with Crippen molar-refractivity contribution in [3.8, 4) is 10.6 Å². The number of nitrogens with two attached hydrogens (primary N) is 1. The third kappa shape index (κ3) is 2.10. The molecular formula is C12H14N4S. The van der Waals surface area contributed by atoms with Crippen LogP contribution in [0.2, 0.25) is 0 Å². The lowest BCUT2D eigenvalue weighted by molar-refractivity contribution is 0.903. The summed E-state index contributed by atoms with van der Waals surface area (Å²) in [6.07, 6.45) is 2.43. The van der Waals surface area contributed by atoms with Crippen LogP contribution in [0.3, 0.4) is 0 Å². The predicted octanol–water partition coefficient (Wildman–Crippen LogP) is 2.39. The first-order valence-electron chi connectivity index (χ1n) is 5.76. The number of aromatic nitrogens is 2. The lowest BCUT2D eigenvalue weighted by atomic mass is 10.3. The summed E-state index contributed by atoms with van der Waals surface area (Å²) in [6.45, 7) is 2.07. The summed E-state index contributed by atoms with van der Waals surface area (Å²) in [7, 11) is 0. The van der Waals surface area contributed by atoms with Crippen LogP contribution < -0.4 is 10.6 Å². The second-order valence-corrected chi connectivity index (χ2v) is 5.10. The van der Waals surface area contributed by atoms with Crippen molar-refractivity contribution in [1.29, 1.82) is 0 Å². The Morgan fingerprint density at radius 2 is 2.06 bits per heavy atom. The third-order valence-electron chi connectivity index (χ3n) is 2.90. The molecule has 88 valence electrons. The molecule has 2 aromatic rings. The Hall–Kier alpha value is -1.62. The standard InChI is InChI=1S/C12H14N4S/c13-11-8-9(10-4-3-7-17-10)14-12(15-11)16-5-1-2-6-16/h3-4,7-8H,1-2,5-6H2,(H2,13,14,15). The van der Waals surface area contributed by atoms with Gasteiger partial charge in [-0.2, -0.15) is 4.98 Å². The topological polar surface area (TPSA) is 55.0 Å². The van der Waals surface area contributed by atoms with Crippen LogP contribution in [0.1, 0.15) is 12.8 Å². The van der Waals surface area contributed by atoms with E-state index in [2.05, 4.69) is 20.9 Å². The van der Waals surface area contributed by atoms with E-state index in [1.165, 1.54) is 12.8 Å². The molecule has 0 aliphatic carbocycles. The van der Waals surface area contributed by atoms with E-state index < -0.39 is 0 Å². The average Bonchev–Trinajstić information content (AvgIpc) is 3.02. The second-order valence-electron chi connectivity index (χ2n) is 4.15. The molecule has 1 aliphatic rings. The highest BCUT2D eigenvalue weighted by atomic mass is 32.1. The number of nitrogen functional groups attached to an aromatic ring is 1. The van der Waals surface area contributed by atoms with E-state index in [-0.39, 0.29) is 0 Å². The Kier molecular flexibility index (Phi) is 2.68. The highest BCUT2D eigenvalue weighted by molar-refractivity contribution is 7.13. The van der Waals surface area contributed by atoms with Crippen LogP contribution in [0.25, 0.3) is 10.6 Å². The van der Waals surface area contributed by atoms with Gasteiger partial charge in [0, 0.05) is 19.2 Å². The third-order valence-corrected chi connectivity index (χ3v) is 3.79. The normalized spacial score (nSPS) is 15.4. The fourth-order valence-electron chi connectivity index (χ4n) is 2.06. The minimum absolute atomic E-state index is 0.547. The molecule has 5 heteroatoms. The summed E-state index contributed by atoms with van der Waals surface area (Å²) in [4.78, 5) is 12.3. The van der Waals surface area contributed by atoms with Crippen LogP contribution >= 0.6 is 11.3 Å². The lowest BCUT2D eigenvalue weighted by Crippen LogP contribution is -2.21. The monoisotopic (exact) mass is 246 g/mol. The van der Waals surface area contributed by atoms with Crippen LogP contribution in [0.4, 0.5) is 11.8 Å². The van der Waals surface area contributed by atoms with Gasteiger partial charge >= 0.3 is 0 Å². The molecule has 2 N–H and O–H groups in total. The lowest BCUT2D eigenvalue weighted by Gasteiger charge is -2.15. The first kappa shape index (κ1) is 10.5. The molecule has 3 heterocycles. The van der Waals surface area contributed by atoms with E-state index in [1.54, 1.807) is 11.3 Å². The van der Waals surface area contributed by atoms with Crippen molar-refractivity contribution in [1.82, 2.24) is 9.97 Å². The minimum Gasteiger partial charge on any atom is -0.384 e. The van der Waals surface area contributed by atoms with Crippen LogP contribution in [-0.2, 0) is 0 Å². The Morgan fingerprint density at radius 3 is 2.76 bits per heavy atom. The van der Waals surface area contributed by atoms with Gasteiger partial charge in [-0.25, -0.2) is 4.98 Å². The highest BCUT2D eigenvalue weighted by Gasteiger charge is 2.16. The molecule has 3 rings (SSSR count). The van der Waals surface area contributed by atoms with Crippen molar-refractivity contribution >= 4 is 23.1 Å². The van der Waals surface area contributed by atoms with E-state index >= 15 is 0 Å². The van der Waals surface area contributed by atoms with Crippen LogP contribution in [-0.4, -0.2) is 23.1 Å². The fraction of sp³-hybridized carbons (Fsp3) is 0.333. The Labute approximate surface area is 104 Å². The fourth-order valence-corrected chi connectivity index (χ4v) is 2.75. The van der Waals surface area contributed by atoms with Crippen molar-refractivity contribution in [3.63, 3.8) is 0 Å². The van der Waals surface area contributed by atoms with Gasteiger partial charge in [-0.05, 0) is 24.3 Å². The molecule has 0 amide bonds. The quantitative estimate of drug-likeness (QED) is 0.884. The highest BCUT2D eigenvalue weighted by Crippen LogP contribution is 2.26. The molecule has 2 aromatic heterocycles. The summed E-state index contributed by atoms with van der Waals surface area (Å²) in [5, 5.41) is 2.04. The molecule has 1 saturated heterocycles. The Bertz CT molecular complexity index is 503. The van der Waals surface area contributed by atoms with E-state index in [9.17, 15) is 0 Å². The van der Waals surface area contributed by atoms with Crippen molar-refractivity contribution in [2.45, 2.75) is 12.8 Å². The molecule has 1 aliphatic heterocycles. The van der Waals surface area contributed by atoms with E-state index in [0.29, 0.717) is 5.82 Å². The molecule has 0 bridgehead atoms. The maximum Gasteiger partial charge on any atom is 0.227 e. The van der Waals surface area contributed by atoms with Gasteiger partial charge in [-0.1, -0.05) is 6.07 Å². The Morgan fingerprint density at radius 1 is 1.24 bits per heavy atom.